The van der Waals surface area contributed by atoms with E-state index in [1.807, 2.05) is 6.92 Å². The van der Waals surface area contributed by atoms with Crippen molar-refractivity contribution in [2.75, 3.05) is 0 Å². The van der Waals surface area contributed by atoms with Crippen molar-refractivity contribution in [3.63, 3.8) is 0 Å². The minimum absolute atomic E-state index is 0.281. The zero-order chi connectivity index (χ0) is 9.24. The fraction of sp³-hybridized carbons (Fsp3) is 0.714. The Bertz CT molecular complexity index is 276. The molecule has 1 N–H and O–H groups in total. The van der Waals surface area contributed by atoms with Gasteiger partial charge < -0.3 is 5.11 Å². The highest BCUT2D eigenvalue weighted by molar-refractivity contribution is 5.23. The molecular formula is C7H8N4O. The summed E-state index contributed by atoms with van der Waals surface area (Å²) in [5, 5.41) is 33.5. The molecule has 1 heterocycles. The van der Waals surface area contributed by atoms with Gasteiger partial charge in [0.05, 0.1) is 12.1 Å². The summed E-state index contributed by atoms with van der Waals surface area (Å²) in [6, 6.07) is 3.54. The molecule has 1 rings (SSSR count). The average molecular weight is 164 g/mol. The van der Waals surface area contributed by atoms with Gasteiger partial charge in [0.15, 0.2) is 0 Å². The Labute approximate surface area is 69.9 Å². The normalized spacial score (nSPS) is 18.0. The van der Waals surface area contributed by atoms with Gasteiger partial charge in [0.2, 0.25) is 5.41 Å². The van der Waals surface area contributed by atoms with Gasteiger partial charge in [-0.3, -0.25) is 0 Å². The van der Waals surface area contributed by atoms with Crippen LogP contribution in [0.3, 0.4) is 0 Å². The molecule has 12 heavy (non-hydrogen) atoms. The molecule has 0 spiro atoms. The van der Waals surface area contributed by atoms with Crippen LogP contribution < -0.4 is 0 Å². The number of hydrogen-bond acceptors (Lipinski definition) is 5. The van der Waals surface area contributed by atoms with Crippen LogP contribution in [0.15, 0.2) is 10.2 Å². The van der Waals surface area contributed by atoms with Crippen LogP contribution in [-0.2, 0) is 0 Å². The van der Waals surface area contributed by atoms with Crippen molar-refractivity contribution in [1.29, 1.82) is 10.5 Å². The summed E-state index contributed by atoms with van der Waals surface area (Å²) >= 11 is 0. The SMILES string of the molecule is CCCC(C#N)(C#N)C1(O)N=N1. The molecule has 0 bridgehead atoms. The lowest BCUT2D eigenvalue weighted by Gasteiger charge is -2.18. The van der Waals surface area contributed by atoms with E-state index < -0.39 is 11.3 Å². The van der Waals surface area contributed by atoms with Crippen molar-refractivity contribution >= 4 is 0 Å². The van der Waals surface area contributed by atoms with Gasteiger partial charge in [-0.25, -0.2) is 0 Å². The smallest absolute Gasteiger partial charge is 0.323 e. The first-order valence-electron chi connectivity index (χ1n) is 3.63. The minimum Gasteiger partial charge on any atom is -0.347 e. The van der Waals surface area contributed by atoms with Gasteiger partial charge in [-0.05, 0) is 6.42 Å². The van der Waals surface area contributed by atoms with Crippen molar-refractivity contribution in [3.05, 3.63) is 0 Å². The van der Waals surface area contributed by atoms with Crippen molar-refractivity contribution < 1.29 is 5.11 Å². The van der Waals surface area contributed by atoms with E-state index in [4.69, 9.17) is 10.5 Å². The largest absolute Gasteiger partial charge is 0.347 e. The maximum atomic E-state index is 9.39. The molecule has 1 aliphatic heterocycles. The van der Waals surface area contributed by atoms with Crippen LogP contribution in [0.25, 0.3) is 0 Å². The highest BCUT2D eigenvalue weighted by Gasteiger charge is 2.60. The Morgan fingerprint density at radius 2 is 1.92 bits per heavy atom. The molecule has 0 atom stereocenters. The fourth-order valence-electron chi connectivity index (χ4n) is 1.05. The van der Waals surface area contributed by atoms with Crippen LogP contribution in [0.2, 0.25) is 0 Å². The van der Waals surface area contributed by atoms with Gasteiger partial charge in [-0.15, -0.1) is 10.2 Å². The number of nitrogens with zero attached hydrogens (tertiary/aromatic N) is 4. The Kier molecular flexibility index (Phi) is 1.83. The molecule has 0 aromatic heterocycles. The highest BCUT2D eigenvalue weighted by atomic mass is 16.4. The van der Waals surface area contributed by atoms with E-state index in [0.29, 0.717) is 6.42 Å². The molecule has 0 unspecified atom stereocenters. The van der Waals surface area contributed by atoms with E-state index in [9.17, 15) is 5.11 Å². The van der Waals surface area contributed by atoms with Crippen molar-refractivity contribution in [2.45, 2.75) is 25.6 Å². The highest BCUT2D eigenvalue weighted by Crippen LogP contribution is 2.45. The lowest BCUT2D eigenvalue weighted by Crippen LogP contribution is -2.35. The minimum atomic E-state index is -1.76. The molecule has 0 radical (unpaired) electrons. The maximum Gasteiger partial charge on any atom is 0.323 e. The molecule has 5 nitrogen and oxygen atoms in total. The van der Waals surface area contributed by atoms with E-state index in [1.165, 1.54) is 0 Å². The zero-order valence-electron chi connectivity index (χ0n) is 6.65. The van der Waals surface area contributed by atoms with Crippen molar-refractivity contribution in [2.24, 2.45) is 15.6 Å². The molecule has 62 valence electrons. The van der Waals surface area contributed by atoms with E-state index >= 15 is 0 Å². The van der Waals surface area contributed by atoms with Gasteiger partial charge >= 0.3 is 5.85 Å². The zero-order valence-corrected chi connectivity index (χ0v) is 6.65. The molecule has 0 amide bonds. The first kappa shape index (κ1) is 8.63. The van der Waals surface area contributed by atoms with Crippen LogP contribution in [0.5, 0.6) is 0 Å². The Morgan fingerprint density at radius 3 is 2.17 bits per heavy atom. The van der Waals surface area contributed by atoms with Gasteiger partial charge in [0.25, 0.3) is 0 Å². The van der Waals surface area contributed by atoms with Gasteiger partial charge in [-0.2, -0.15) is 10.5 Å². The van der Waals surface area contributed by atoms with E-state index in [0.717, 1.165) is 0 Å². The van der Waals surface area contributed by atoms with Gasteiger partial charge in [0, 0.05) is 0 Å². The van der Waals surface area contributed by atoms with Crippen LogP contribution in [0.4, 0.5) is 0 Å². The third-order valence-corrected chi connectivity index (χ3v) is 1.87. The Balaban J connectivity index is 2.89. The van der Waals surface area contributed by atoms with Crippen molar-refractivity contribution in [1.82, 2.24) is 0 Å². The standard InChI is InChI=1S/C7H8N4O/c1-2-3-6(4-8,5-9)7(12)10-11-7/h12H,2-3H2,1H3. The molecule has 0 fully saturated rings. The topological polar surface area (TPSA) is 92.5 Å². The summed E-state index contributed by atoms with van der Waals surface area (Å²) in [6.45, 7) is 1.83. The first-order valence-corrected chi connectivity index (χ1v) is 3.63. The quantitative estimate of drug-likeness (QED) is 0.672. The predicted molar refractivity (Wildman–Crippen MR) is 38.4 cm³/mol. The summed E-state index contributed by atoms with van der Waals surface area (Å²) < 4.78 is 0. The number of hydrogen-bond donors (Lipinski definition) is 1. The summed E-state index contributed by atoms with van der Waals surface area (Å²) in [4.78, 5) is 0. The summed E-state index contributed by atoms with van der Waals surface area (Å²) in [7, 11) is 0. The third-order valence-electron chi connectivity index (χ3n) is 1.87. The van der Waals surface area contributed by atoms with Crippen LogP contribution in [-0.4, -0.2) is 11.0 Å². The second-order valence-corrected chi connectivity index (χ2v) is 2.71. The second-order valence-electron chi connectivity index (χ2n) is 2.71. The van der Waals surface area contributed by atoms with E-state index in [-0.39, 0.29) is 6.42 Å². The fourth-order valence-corrected chi connectivity index (χ4v) is 1.05. The number of rotatable bonds is 3. The third kappa shape index (κ3) is 0.956. The maximum absolute atomic E-state index is 9.39. The second kappa shape index (κ2) is 2.54. The lowest BCUT2D eigenvalue weighted by atomic mass is 9.82. The summed E-state index contributed by atoms with van der Waals surface area (Å²) in [5.74, 6) is -1.76. The molecule has 0 aliphatic carbocycles. The van der Waals surface area contributed by atoms with Gasteiger partial charge in [-0.1, -0.05) is 13.3 Å². The van der Waals surface area contributed by atoms with E-state index in [1.54, 1.807) is 12.1 Å². The van der Waals surface area contributed by atoms with Gasteiger partial charge in [0.1, 0.15) is 0 Å². The number of nitriles is 2. The summed E-state index contributed by atoms with van der Waals surface area (Å²) in [6.07, 6.45) is 0.915. The van der Waals surface area contributed by atoms with Crippen LogP contribution >= 0.6 is 0 Å². The molecule has 0 saturated heterocycles. The molecule has 1 aliphatic rings. The van der Waals surface area contributed by atoms with Crippen LogP contribution in [0, 0.1) is 28.1 Å². The average Bonchev–Trinajstić information content (AvgIpc) is 2.81. The number of aliphatic hydroxyl groups is 1. The summed E-state index contributed by atoms with van der Waals surface area (Å²) in [5.41, 5.74) is -1.48. The Morgan fingerprint density at radius 1 is 1.42 bits per heavy atom. The lowest BCUT2D eigenvalue weighted by molar-refractivity contribution is 0.0472. The Hall–Kier alpha value is -1.46. The molecule has 5 heteroatoms. The predicted octanol–water partition coefficient (Wildman–Crippen LogP) is 0.932. The molecule has 0 saturated carbocycles. The van der Waals surface area contributed by atoms with E-state index in [2.05, 4.69) is 10.2 Å². The first-order chi connectivity index (χ1) is 5.64. The molecule has 0 aromatic rings. The molecule has 0 aromatic carbocycles. The van der Waals surface area contributed by atoms with Crippen molar-refractivity contribution in [3.8, 4) is 12.1 Å². The monoisotopic (exact) mass is 164 g/mol. The van der Waals surface area contributed by atoms with Crippen LogP contribution in [0.1, 0.15) is 19.8 Å². The molecular weight excluding hydrogens is 156 g/mol.